The molecule has 0 bridgehead atoms. The maximum atomic E-state index is 5.79. The van der Waals surface area contributed by atoms with Gasteiger partial charge in [0.05, 0.1) is 6.20 Å². The average molecular weight is 244 g/mol. The minimum atomic E-state index is 0.522. The second-order valence-electron chi connectivity index (χ2n) is 4.55. The zero-order chi connectivity index (χ0) is 12.0. The van der Waals surface area contributed by atoms with Gasteiger partial charge in [-0.15, -0.1) is 11.6 Å². The molecule has 0 saturated carbocycles. The number of hydrogen-bond donors (Lipinski definition) is 1. The van der Waals surface area contributed by atoms with Gasteiger partial charge in [0.1, 0.15) is 0 Å². The lowest BCUT2D eigenvalue weighted by atomic mass is 10.0. The minimum absolute atomic E-state index is 0.522. The molecule has 3 nitrogen and oxygen atoms in total. The van der Waals surface area contributed by atoms with Gasteiger partial charge in [-0.3, -0.25) is 4.68 Å². The van der Waals surface area contributed by atoms with E-state index in [0.29, 0.717) is 12.0 Å². The Kier molecular flexibility index (Phi) is 5.85. The van der Waals surface area contributed by atoms with Gasteiger partial charge in [-0.1, -0.05) is 13.8 Å². The van der Waals surface area contributed by atoms with Crippen LogP contribution in [0.2, 0.25) is 0 Å². The van der Waals surface area contributed by atoms with E-state index in [1.165, 1.54) is 5.56 Å². The van der Waals surface area contributed by atoms with Crippen molar-refractivity contribution < 1.29 is 0 Å². The van der Waals surface area contributed by atoms with E-state index in [1.807, 2.05) is 17.9 Å². The van der Waals surface area contributed by atoms with Crippen LogP contribution in [0.5, 0.6) is 0 Å². The van der Waals surface area contributed by atoms with E-state index in [0.717, 1.165) is 25.3 Å². The van der Waals surface area contributed by atoms with E-state index < -0.39 is 0 Å². The van der Waals surface area contributed by atoms with Crippen molar-refractivity contribution in [2.45, 2.75) is 32.7 Å². The molecule has 1 atom stereocenters. The Morgan fingerprint density at radius 3 is 2.75 bits per heavy atom. The molecule has 4 heteroatoms. The zero-order valence-corrected chi connectivity index (χ0v) is 11.2. The molecule has 1 N–H and O–H groups in total. The Labute approximate surface area is 103 Å². The molecule has 1 unspecified atom stereocenters. The van der Waals surface area contributed by atoms with Crippen molar-refractivity contribution in [1.29, 1.82) is 0 Å². The van der Waals surface area contributed by atoms with E-state index in [9.17, 15) is 0 Å². The van der Waals surface area contributed by atoms with Crippen molar-refractivity contribution in [2.24, 2.45) is 13.0 Å². The topological polar surface area (TPSA) is 29.9 Å². The number of hydrogen-bond acceptors (Lipinski definition) is 2. The van der Waals surface area contributed by atoms with Crippen LogP contribution in [0.4, 0.5) is 0 Å². The summed E-state index contributed by atoms with van der Waals surface area (Å²) in [6.45, 7) is 5.45. The normalized spacial score (nSPS) is 13.3. The van der Waals surface area contributed by atoms with Crippen LogP contribution >= 0.6 is 11.6 Å². The summed E-state index contributed by atoms with van der Waals surface area (Å²) in [5, 5.41) is 7.71. The first kappa shape index (κ1) is 13.5. The largest absolute Gasteiger partial charge is 0.313 e. The van der Waals surface area contributed by atoms with Gasteiger partial charge >= 0.3 is 0 Å². The Morgan fingerprint density at radius 1 is 1.50 bits per heavy atom. The monoisotopic (exact) mass is 243 g/mol. The predicted molar refractivity (Wildman–Crippen MR) is 68.9 cm³/mol. The molecule has 0 aromatic carbocycles. The molecule has 1 rings (SSSR count). The molecule has 1 aromatic heterocycles. The van der Waals surface area contributed by atoms with Crippen molar-refractivity contribution in [2.75, 3.05) is 12.4 Å². The van der Waals surface area contributed by atoms with E-state index >= 15 is 0 Å². The molecule has 0 amide bonds. The maximum absolute atomic E-state index is 5.79. The number of nitrogens with zero attached hydrogens (tertiary/aromatic N) is 2. The quantitative estimate of drug-likeness (QED) is 0.745. The van der Waals surface area contributed by atoms with Gasteiger partial charge in [-0.2, -0.15) is 5.10 Å². The average Bonchev–Trinajstić information content (AvgIpc) is 2.63. The summed E-state index contributed by atoms with van der Waals surface area (Å²) in [6, 6.07) is 0.522. The highest BCUT2D eigenvalue weighted by atomic mass is 35.5. The van der Waals surface area contributed by atoms with Gasteiger partial charge in [0.25, 0.3) is 0 Å². The molecule has 0 saturated heterocycles. The summed E-state index contributed by atoms with van der Waals surface area (Å²) in [5.74, 6) is 1.36. The molecule has 1 aromatic rings. The van der Waals surface area contributed by atoms with Gasteiger partial charge in [-0.25, -0.2) is 0 Å². The second-order valence-corrected chi connectivity index (χ2v) is 4.93. The van der Waals surface area contributed by atoms with Gasteiger partial charge in [0.2, 0.25) is 0 Å². The van der Waals surface area contributed by atoms with E-state index in [2.05, 4.69) is 30.5 Å². The van der Waals surface area contributed by atoms with Crippen molar-refractivity contribution in [1.82, 2.24) is 15.1 Å². The van der Waals surface area contributed by atoms with Crippen LogP contribution in [-0.2, 0) is 13.5 Å². The fourth-order valence-electron chi connectivity index (χ4n) is 1.79. The lowest BCUT2D eigenvalue weighted by Crippen LogP contribution is -2.35. The number of alkyl halides is 1. The summed E-state index contributed by atoms with van der Waals surface area (Å²) in [4.78, 5) is 0. The molecule has 92 valence electrons. The molecule has 0 fully saturated rings. The van der Waals surface area contributed by atoms with E-state index in [4.69, 9.17) is 11.6 Å². The third-order valence-electron chi connectivity index (χ3n) is 2.80. The first-order valence-corrected chi connectivity index (χ1v) is 6.43. The van der Waals surface area contributed by atoms with Crippen molar-refractivity contribution in [3.05, 3.63) is 18.0 Å². The van der Waals surface area contributed by atoms with Crippen molar-refractivity contribution in [3.8, 4) is 0 Å². The highest BCUT2D eigenvalue weighted by molar-refractivity contribution is 6.17. The van der Waals surface area contributed by atoms with Crippen molar-refractivity contribution in [3.63, 3.8) is 0 Å². The van der Waals surface area contributed by atoms with Crippen LogP contribution < -0.4 is 5.32 Å². The number of aryl methyl sites for hydroxylation is 1. The summed E-state index contributed by atoms with van der Waals surface area (Å²) >= 11 is 5.79. The summed E-state index contributed by atoms with van der Waals surface area (Å²) in [7, 11) is 1.95. The van der Waals surface area contributed by atoms with Crippen LogP contribution in [0.15, 0.2) is 12.4 Å². The van der Waals surface area contributed by atoms with Crippen molar-refractivity contribution >= 4 is 11.6 Å². The third kappa shape index (κ3) is 4.54. The number of nitrogens with one attached hydrogen (secondary N) is 1. The Bertz CT molecular complexity index is 296. The van der Waals surface area contributed by atoms with E-state index in [1.54, 1.807) is 0 Å². The van der Waals surface area contributed by atoms with Gasteiger partial charge in [-0.05, 0) is 30.9 Å². The maximum Gasteiger partial charge on any atom is 0.0522 e. The summed E-state index contributed by atoms with van der Waals surface area (Å²) in [6.07, 6.45) is 6.05. The Hall–Kier alpha value is -0.540. The fraction of sp³-hybridized carbons (Fsp3) is 0.750. The van der Waals surface area contributed by atoms with Gasteiger partial charge in [0, 0.05) is 25.2 Å². The molecular weight excluding hydrogens is 222 g/mol. The highest BCUT2D eigenvalue weighted by Crippen LogP contribution is 2.07. The van der Waals surface area contributed by atoms with E-state index in [-0.39, 0.29) is 0 Å². The molecular formula is C12H22ClN3. The predicted octanol–water partition coefficient (Wildman–Crippen LogP) is 2.21. The van der Waals surface area contributed by atoms with Crippen LogP contribution in [0.25, 0.3) is 0 Å². The smallest absolute Gasteiger partial charge is 0.0522 e. The second kappa shape index (κ2) is 6.92. The molecule has 16 heavy (non-hydrogen) atoms. The highest BCUT2D eigenvalue weighted by Gasteiger charge is 2.11. The van der Waals surface area contributed by atoms with Crippen LogP contribution in [-0.4, -0.2) is 28.2 Å². The van der Waals surface area contributed by atoms with Crippen LogP contribution in [0.1, 0.15) is 25.8 Å². The first-order chi connectivity index (χ1) is 7.63. The standard InChI is InChI=1S/C12H22ClN3/c1-10(2)12(4-6-13)14-7-5-11-8-15-16(3)9-11/h8-10,12,14H,4-7H2,1-3H3. The lowest BCUT2D eigenvalue weighted by Gasteiger charge is -2.21. The molecule has 0 aliphatic carbocycles. The first-order valence-electron chi connectivity index (χ1n) is 5.90. The SMILES string of the molecule is CC(C)C(CCCl)NCCc1cnn(C)c1. The molecule has 0 spiro atoms. The summed E-state index contributed by atoms with van der Waals surface area (Å²) in [5.41, 5.74) is 1.28. The molecule has 1 heterocycles. The number of rotatable bonds is 7. The van der Waals surface area contributed by atoms with Gasteiger partial charge < -0.3 is 5.32 Å². The fourth-order valence-corrected chi connectivity index (χ4v) is 2.03. The zero-order valence-electron chi connectivity index (χ0n) is 10.4. The Balaban J connectivity index is 2.27. The molecule has 0 aliphatic rings. The minimum Gasteiger partial charge on any atom is -0.313 e. The molecule has 0 radical (unpaired) electrons. The van der Waals surface area contributed by atoms with Crippen LogP contribution in [0.3, 0.4) is 0 Å². The summed E-state index contributed by atoms with van der Waals surface area (Å²) < 4.78 is 1.84. The number of aromatic nitrogens is 2. The Morgan fingerprint density at radius 2 is 2.25 bits per heavy atom. The lowest BCUT2D eigenvalue weighted by molar-refractivity contribution is 0.393. The number of halogens is 1. The third-order valence-corrected chi connectivity index (χ3v) is 3.02. The van der Waals surface area contributed by atoms with Gasteiger partial charge in [0.15, 0.2) is 0 Å². The van der Waals surface area contributed by atoms with Crippen LogP contribution in [0, 0.1) is 5.92 Å². The molecule has 0 aliphatic heterocycles.